The van der Waals surface area contributed by atoms with Crippen LogP contribution in [0.1, 0.15) is 39.7 Å². The van der Waals surface area contributed by atoms with Gasteiger partial charge in [0, 0.05) is 36.6 Å². The summed E-state index contributed by atoms with van der Waals surface area (Å²) in [6.45, 7) is 3.09. The van der Waals surface area contributed by atoms with Crippen molar-refractivity contribution in [3.63, 3.8) is 0 Å². The molecular formula is C23H19N3O4. The van der Waals surface area contributed by atoms with Crippen LogP contribution >= 0.6 is 0 Å². The van der Waals surface area contributed by atoms with Crippen molar-refractivity contribution in [2.24, 2.45) is 4.99 Å². The topological polar surface area (TPSA) is 88.2 Å². The summed E-state index contributed by atoms with van der Waals surface area (Å²) in [6, 6.07) is 11.8. The molecule has 1 N–H and O–H groups in total. The minimum atomic E-state index is -0.614. The van der Waals surface area contributed by atoms with Gasteiger partial charge in [0.2, 0.25) is 5.88 Å². The largest absolute Gasteiger partial charge is 0.504 e. The number of benzene rings is 1. The second kappa shape index (κ2) is 7.18. The van der Waals surface area contributed by atoms with Gasteiger partial charge in [-0.15, -0.1) is 0 Å². The maximum Gasteiger partial charge on any atom is 0.347 e. The van der Waals surface area contributed by atoms with E-state index in [-0.39, 0.29) is 23.7 Å². The van der Waals surface area contributed by atoms with Crippen LogP contribution < -0.4 is 4.90 Å². The zero-order chi connectivity index (χ0) is 20.7. The molecule has 0 aliphatic carbocycles. The van der Waals surface area contributed by atoms with Crippen molar-refractivity contribution in [2.45, 2.75) is 20.0 Å². The predicted octanol–water partition coefficient (Wildman–Crippen LogP) is 4.33. The molecule has 0 atom stereocenters. The number of anilines is 1. The highest BCUT2D eigenvalue weighted by molar-refractivity contribution is 6.21. The predicted molar refractivity (Wildman–Crippen MR) is 113 cm³/mol. The highest BCUT2D eigenvalue weighted by Crippen LogP contribution is 2.42. The van der Waals surface area contributed by atoms with Crippen molar-refractivity contribution >= 4 is 35.5 Å². The van der Waals surface area contributed by atoms with Gasteiger partial charge in [-0.25, -0.2) is 14.8 Å². The van der Waals surface area contributed by atoms with Crippen molar-refractivity contribution < 1.29 is 19.1 Å². The Bertz CT molecular complexity index is 1180. The van der Waals surface area contributed by atoms with Gasteiger partial charge in [0.1, 0.15) is 0 Å². The molecular weight excluding hydrogens is 382 g/mol. The van der Waals surface area contributed by atoms with Gasteiger partial charge < -0.3 is 19.2 Å². The molecule has 30 heavy (non-hydrogen) atoms. The first-order chi connectivity index (χ1) is 14.7. The Balaban J connectivity index is 1.57. The van der Waals surface area contributed by atoms with Gasteiger partial charge in [-0.05, 0) is 36.3 Å². The highest BCUT2D eigenvalue weighted by Gasteiger charge is 2.32. The number of fused-ring (bicyclic) bond motifs is 2. The molecule has 2 aliphatic rings. The van der Waals surface area contributed by atoms with E-state index < -0.39 is 5.97 Å². The van der Waals surface area contributed by atoms with Crippen LogP contribution in [0.5, 0.6) is 5.75 Å². The number of carbonyl (C=O) groups is 1. The van der Waals surface area contributed by atoms with Gasteiger partial charge in [-0.1, -0.05) is 24.3 Å². The number of nitrogens with zero attached hydrogens (tertiary/aromatic N) is 3. The molecule has 4 heterocycles. The molecule has 0 bridgehead atoms. The van der Waals surface area contributed by atoms with Crippen molar-refractivity contribution in [2.75, 3.05) is 11.5 Å². The van der Waals surface area contributed by atoms with Crippen LogP contribution in [0.3, 0.4) is 0 Å². The van der Waals surface area contributed by atoms with E-state index in [1.807, 2.05) is 41.3 Å². The minimum Gasteiger partial charge on any atom is -0.504 e. The fourth-order valence-corrected chi connectivity index (χ4v) is 3.79. The Morgan fingerprint density at radius 3 is 2.73 bits per heavy atom. The molecule has 0 saturated heterocycles. The Hall–Kier alpha value is -3.87. The van der Waals surface area contributed by atoms with E-state index in [0.717, 1.165) is 22.3 Å². The Kier molecular flexibility index (Phi) is 4.35. The average Bonchev–Trinajstić information content (AvgIpc) is 3.44. The third-order valence-corrected chi connectivity index (χ3v) is 5.21. The Morgan fingerprint density at radius 2 is 2.00 bits per heavy atom. The number of pyridine rings is 1. The first-order valence-corrected chi connectivity index (χ1v) is 9.71. The quantitative estimate of drug-likeness (QED) is 0.655. The van der Waals surface area contributed by atoms with Crippen LogP contribution in [0.2, 0.25) is 0 Å². The van der Waals surface area contributed by atoms with E-state index in [1.165, 1.54) is 0 Å². The number of hydrogen-bond acceptors (Lipinski definition) is 7. The van der Waals surface area contributed by atoms with E-state index in [9.17, 15) is 9.90 Å². The van der Waals surface area contributed by atoms with E-state index in [4.69, 9.17) is 9.15 Å². The van der Waals surface area contributed by atoms with E-state index >= 15 is 0 Å². The number of aromatic nitrogens is 1. The normalized spacial score (nSPS) is 15.5. The summed E-state index contributed by atoms with van der Waals surface area (Å²) in [6.07, 6.45) is 5.00. The van der Waals surface area contributed by atoms with Crippen molar-refractivity contribution in [1.29, 1.82) is 0 Å². The van der Waals surface area contributed by atoms with E-state index in [2.05, 4.69) is 9.98 Å². The lowest BCUT2D eigenvalue weighted by Gasteiger charge is -2.15. The van der Waals surface area contributed by atoms with Crippen LogP contribution in [0.15, 0.2) is 52.0 Å². The number of carbonyl (C=O) groups excluding carboxylic acids is 1. The highest BCUT2D eigenvalue weighted by atomic mass is 16.5. The summed E-state index contributed by atoms with van der Waals surface area (Å²) in [5.41, 5.74) is 3.94. The van der Waals surface area contributed by atoms with E-state index in [1.54, 1.807) is 25.4 Å². The molecule has 7 heteroatoms. The molecule has 0 saturated carbocycles. The number of hydrogen-bond donors (Lipinski definition) is 1. The van der Waals surface area contributed by atoms with Crippen LogP contribution in [-0.4, -0.2) is 28.9 Å². The molecule has 3 aromatic rings. The van der Waals surface area contributed by atoms with Gasteiger partial charge in [0.15, 0.2) is 22.9 Å². The fourth-order valence-electron chi connectivity index (χ4n) is 3.79. The summed E-state index contributed by atoms with van der Waals surface area (Å²) in [7, 11) is 0. The second-order valence-electron chi connectivity index (χ2n) is 7.07. The zero-order valence-corrected chi connectivity index (χ0v) is 16.3. The van der Waals surface area contributed by atoms with Crippen LogP contribution in [0, 0.1) is 0 Å². The first-order valence-electron chi connectivity index (χ1n) is 9.71. The summed E-state index contributed by atoms with van der Waals surface area (Å²) < 4.78 is 11.2. The standard InChI is InChI=1S/C23H19N3O4/c1-2-29-23(28)19-20(27)18(10-16-11-25-21-17(16)8-5-9-24-21)30-22(19)26-12-14-6-3-4-7-15(14)13-26/h3-11,27H,2,12-13H2,1H3. The monoisotopic (exact) mass is 401 g/mol. The first kappa shape index (κ1) is 18.2. The Morgan fingerprint density at radius 1 is 1.23 bits per heavy atom. The molecule has 0 fully saturated rings. The maximum atomic E-state index is 12.6. The third kappa shape index (κ3) is 2.95. The molecule has 0 radical (unpaired) electrons. The lowest BCUT2D eigenvalue weighted by atomic mass is 10.1. The second-order valence-corrected chi connectivity index (χ2v) is 7.07. The molecule has 7 nitrogen and oxygen atoms in total. The number of ether oxygens (including phenoxy) is 1. The number of furan rings is 1. The average molecular weight is 401 g/mol. The Labute approximate surface area is 173 Å². The van der Waals surface area contributed by atoms with Crippen molar-refractivity contribution in [3.8, 4) is 5.75 Å². The third-order valence-electron chi connectivity index (χ3n) is 5.21. The van der Waals surface area contributed by atoms with Gasteiger partial charge in [-0.3, -0.25) is 0 Å². The number of rotatable bonds is 4. The van der Waals surface area contributed by atoms with Crippen molar-refractivity contribution in [3.05, 3.63) is 70.6 Å². The van der Waals surface area contributed by atoms with Gasteiger partial charge in [0.05, 0.1) is 6.61 Å². The number of aromatic hydroxyl groups is 1. The molecule has 5 rings (SSSR count). The fraction of sp³-hybridized carbons (Fsp3) is 0.174. The molecule has 0 amide bonds. The van der Waals surface area contributed by atoms with Crippen LogP contribution in [0.25, 0.3) is 11.6 Å². The van der Waals surface area contributed by atoms with Crippen LogP contribution in [-0.2, 0) is 17.8 Å². The zero-order valence-electron chi connectivity index (χ0n) is 16.3. The summed E-state index contributed by atoms with van der Waals surface area (Å²) in [5, 5.41) is 10.9. The number of esters is 1. The van der Waals surface area contributed by atoms with Gasteiger partial charge >= 0.3 is 5.97 Å². The molecule has 150 valence electrons. The molecule has 2 aliphatic heterocycles. The van der Waals surface area contributed by atoms with Crippen LogP contribution in [0.4, 0.5) is 11.7 Å². The van der Waals surface area contributed by atoms with Gasteiger partial charge in [-0.2, -0.15) is 0 Å². The minimum absolute atomic E-state index is 0.0397. The van der Waals surface area contributed by atoms with E-state index in [0.29, 0.717) is 24.8 Å². The van der Waals surface area contributed by atoms with Gasteiger partial charge in [0.25, 0.3) is 0 Å². The molecule has 1 aromatic carbocycles. The molecule has 0 spiro atoms. The molecule has 2 aromatic heterocycles. The SMILES string of the molecule is CCOC(=O)c1c(N2Cc3ccccc3C2)oc(C=C2C=Nc3ncccc32)c1O. The summed E-state index contributed by atoms with van der Waals surface area (Å²) in [4.78, 5) is 23.1. The molecule has 0 unspecified atom stereocenters. The number of allylic oxidation sites excluding steroid dienone is 1. The smallest absolute Gasteiger partial charge is 0.347 e. The number of aliphatic imine (C=N–C) groups is 1. The van der Waals surface area contributed by atoms with Crippen molar-refractivity contribution in [1.82, 2.24) is 4.98 Å². The lowest BCUT2D eigenvalue weighted by molar-refractivity contribution is 0.0523. The lowest BCUT2D eigenvalue weighted by Crippen LogP contribution is -2.17. The summed E-state index contributed by atoms with van der Waals surface area (Å²) in [5.74, 6) is 0.238. The maximum absolute atomic E-state index is 12.6. The summed E-state index contributed by atoms with van der Waals surface area (Å²) >= 11 is 0.